The van der Waals surface area contributed by atoms with Gasteiger partial charge in [-0.05, 0) is 37.6 Å². The maximum absolute atomic E-state index is 11.1. The highest BCUT2D eigenvalue weighted by molar-refractivity contribution is 5.75. The molecule has 1 fully saturated rings. The van der Waals surface area contributed by atoms with Crippen molar-refractivity contribution in [3.63, 3.8) is 0 Å². The van der Waals surface area contributed by atoms with Gasteiger partial charge in [0.05, 0.1) is 0 Å². The minimum Gasteiger partial charge on any atom is -0.370 e. The number of carbonyl (C=O) groups excluding carboxylic acids is 1. The van der Waals surface area contributed by atoms with Crippen molar-refractivity contribution in [2.24, 2.45) is 17.1 Å². The molecule has 0 aromatic carbocycles. The predicted molar refractivity (Wildman–Crippen MR) is 62.4 cm³/mol. The molecule has 15 heavy (non-hydrogen) atoms. The van der Waals surface area contributed by atoms with Crippen molar-refractivity contribution < 1.29 is 4.79 Å². The normalized spacial score (nSPS) is 35.1. The highest BCUT2D eigenvalue weighted by Crippen LogP contribution is 2.44. The molecule has 0 saturated heterocycles. The lowest BCUT2D eigenvalue weighted by Gasteiger charge is -2.48. The van der Waals surface area contributed by atoms with E-state index in [-0.39, 0.29) is 11.4 Å². The molecular weight excluding hydrogens is 188 g/mol. The zero-order valence-electron chi connectivity index (χ0n) is 10.4. The van der Waals surface area contributed by atoms with Crippen LogP contribution in [0.2, 0.25) is 0 Å². The maximum atomic E-state index is 11.1. The Morgan fingerprint density at radius 3 is 2.47 bits per heavy atom. The second kappa shape index (κ2) is 4.12. The Bertz CT molecular complexity index is 250. The number of nitrogens with one attached hydrogen (secondary N) is 1. The van der Waals surface area contributed by atoms with Crippen LogP contribution < -0.4 is 11.1 Å². The van der Waals surface area contributed by atoms with Gasteiger partial charge in [0.2, 0.25) is 5.91 Å². The van der Waals surface area contributed by atoms with Crippen LogP contribution in [0.4, 0.5) is 0 Å². The first-order valence-corrected chi connectivity index (χ1v) is 5.78. The minimum absolute atomic E-state index is 0.0681. The van der Waals surface area contributed by atoms with E-state index in [4.69, 9.17) is 5.73 Å². The lowest BCUT2D eigenvalue weighted by Crippen LogP contribution is -2.55. The summed E-state index contributed by atoms with van der Waals surface area (Å²) in [4.78, 5) is 11.1. The molecular formula is C12H24N2O. The standard InChI is InChI=1S/C12H24N2O/c1-9-7-11(2,3)5-6-12(9,14-4)8-10(13)15/h9,14H,5-8H2,1-4H3,(H2,13,15). The molecule has 0 aliphatic heterocycles. The van der Waals surface area contributed by atoms with Crippen LogP contribution in [0.3, 0.4) is 0 Å². The van der Waals surface area contributed by atoms with Gasteiger partial charge in [-0.1, -0.05) is 20.8 Å². The van der Waals surface area contributed by atoms with E-state index < -0.39 is 0 Å². The van der Waals surface area contributed by atoms with Crippen molar-refractivity contribution in [2.45, 2.75) is 52.0 Å². The third-order valence-corrected chi connectivity index (χ3v) is 4.04. The van der Waals surface area contributed by atoms with Gasteiger partial charge in [-0.25, -0.2) is 0 Å². The summed E-state index contributed by atoms with van der Waals surface area (Å²) in [5.41, 5.74) is 5.67. The molecule has 3 N–H and O–H groups in total. The fraction of sp³-hybridized carbons (Fsp3) is 0.917. The molecule has 88 valence electrons. The van der Waals surface area contributed by atoms with Gasteiger partial charge in [0, 0.05) is 12.0 Å². The molecule has 1 saturated carbocycles. The Kier molecular flexibility index (Phi) is 3.44. The van der Waals surface area contributed by atoms with Gasteiger partial charge in [-0.3, -0.25) is 4.79 Å². The van der Waals surface area contributed by atoms with Gasteiger partial charge in [0.25, 0.3) is 0 Å². The lowest BCUT2D eigenvalue weighted by atomic mass is 9.62. The second-order valence-electron chi connectivity index (χ2n) is 5.82. The molecule has 0 spiro atoms. The quantitative estimate of drug-likeness (QED) is 0.747. The van der Waals surface area contributed by atoms with E-state index >= 15 is 0 Å². The fourth-order valence-electron chi connectivity index (χ4n) is 2.97. The van der Waals surface area contributed by atoms with E-state index in [0.29, 0.717) is 17.8 Å². The van der Waals surface area contributed by atoms with Gasteiger partial charge < -0.3 is 11.1 Å². The van der Waals surface area contributed by atoms with Gasteiger partial charge in [-0.2, -0.15) is 0 Å². The van der Waals surface area contributed by atoms with Gasteiger partial charge in [-0.15, -0.1) is 0 Å². The molecule has 1 rings (SSSR count). The molecule has 0 aromatic heterocycles. The zero-order valence-corrected chi connectivity index (χ0v) is 10.4. The SMILES string of the molecule is CNC1(CC(N)=O)CCC(C)(C)CC1C. The summed E-state index contributed by atoms with van der Waals surface area (Å²) in [7, 11) is 1.94. The molecule has 3 heteroatoms. The van der Waals surface area contributed by atoms with Crippen LogP contribution in [0.1, 0.15) is 46.5 Å². The predicted octanol–water partition coefficient (Wildman–Crippen LogP) is 1.67. The largest absolute Gasteiger partial charge is 0.370 e. The molecule has 3 nitrogen and oxygen atoms in total. The number of hydrogen-bond donors (Lipinski definition) is 2. The summed E-state index contributed by atoms with van der Waals surface area (Å²) in [6.07, 6.45) is 3.81. The molecule has 0 heterocycles. The van der Waals surface area contributed by atoms with E-state index in [1.165, 1.54) is 0 Å². The molecule has 0 bridgehead atoms. The number of amides is 1. The van der Waals surface area contributed by atoms with Crippen molar-refractivity contribution in [2.75, 3.05) is 7.05 Å². The van der Waals surface area contributed by atoms with Crippen molar-refractivity contribution in [3.8, 4) is 0 Å². The number of rotatable bonds is 3. The average Bonchev–Trinajstić information content (AvgIpc) is 2.09. The van der Waals surface area contributed by atoms with Gasteiger partial charge in [0.1, 0.15) is 0 Å². The van der Waals surface area contributed by atoms with Gasteiger partial charge >= 0.3 is 0 Å². The molecule has 2 atom stereocenters. The zero-order chi connectivity index (χ0) is 11.7. The highest BCUT2D eigenvalue weighted by atomic mass is 16.1. The third kappa shape index (κ3) is 2.71. The fourth-order valence-corrected chi connectivity index (χ4v) is 2.97. The summed E-state index contributed by atoms with van der Waals surface area (Å²) in [6, 6.07) is 0. The lowest BCUT2D eigenvalue weighted by molar-refractivity contribution is -0.120. The molecule has 1 aliphatic carbocycles. The molecule has 1 amide bonds. The van der Waals surface area contributed by atoms with Crippen molar-refractivity contribution in [1.29, 1.82) is 0 Å². The van der Waals surface area contributed by atoms with E-state index in [2.05, 4.69) is 26.1 Å². The number of carbonyl (C=O) groups is 1. The molecule has 2 unspecified atom stereocenters. The average molecular weight is 212 g/mol. The first-order chi connectivity index (χ1) is 6.81. The van der Waals surface area contributed by atoms with Crippen LogP contribution in [0.25, 0.3) is 0 Å². The summed E-state index contributed by atoms with van der Waals surface area (Å²) in [5.74, 6) is 0.301. The summed E-state index contributed by atoms with van der Waals surface area (Å²) in [6.45, 7) is 6.82. The van der Waals surface area contributed by atoms with E-state index in [1.54, 1.807) is 0 Å². The van der Waals surface area contributed by atoms with Crippen LogP contribution in [0, 0.1) is 11.3 Å². The molecule has 1 aliphatic rings. The minimum atomic E-state index is -0.198. The Balaban J connectivity index is 2.79. The topological polar surface area (TPSA) is 55.1 Å². The smallest absolute Gasteiger partial charge is 0.219 e. The Morgan fingerprint density at radius 2 is 2.07 bits per heavy atom. The molecule has 0 radical (unpaired) electrons. The van der Waals surface area contributed by atoms with Crippen LogP contribution in [-0.4, -0.2) is 18.5 Å². The first kappa shape index (κ1) is 12.5. The Labute approximate surface area is 92.8 Å². The third-order valence-electron chi connectivity index (χ3n) is 4.04. The van der Waals surface area contributed by atoms with Crippen LogP contribution in [0.5, 0.6) is 0 Å². The van der Waals surface area contributed by atoms with Crippen LogP contribution >= 0.6 is 0 Å². The van der Waals surface area contributed by atoms with E-state index in [1.807, 2.05) is 7.05 Å². The van der Waals surface area contributed by atoms with Crippen molar-refractivity contribution >= 4 is 5.91 Å². The molecule has 0 aromatic rings. The maximum Gasteiger partial charge on any atom is 0.219 e. The highest BCUT2D eigenvalue weighted by Gasteiger charge is 2.43. The van der Waals surface area contributed by atoms with Crippen molar-refractivity contribution in [1.82, 2.24) is 5.32 Å². The monoisotopic (exact) mass is 212 g/mol. The summed E-state index contributed by atoms with van der Waals surface area (Å²) >= 11 is 0. The van der Waals surface area contributed by atoms with Crippen LogP contribution in [0.15, 0.2) is 0 Å². The van der Waals surface area contributed by atoms with Gasteiger partial charge in [0.15, 0.2) is 0 Å². The van der Waals surface area contributed by atoms with E-state index in [9.17, 15) is 4.79 Å². The number of hydrogen-bond acceptors (Lipinski definition) is 2. The Morgan fingerprint density at radius 1 is 1.47 bits per heavy atom. The van der Waals surface area contributed by atoms with Crippen molar-refractivity contribution in [3.05, 3.63) is 0 Å². The Hall–Kier alpha value is -0.570. The second-order valence-corrected chi connectivity index (χ2v) is 5.82. The van der Waals surface area contributed by atoms with Crippen LogP contribution in [-0.2, 0) is 4.79 Å². The summed E-state index contributed by atoms with van der Waals surface area (Å²) in [5, 5.41) is 3.34. The number of nitrogens with two attached hydrogens (primary N) is 1. The number of primary amides is 1. The first-order valence-electron chi connectivity index (χ1n) is 5.78. The van der Waals surface area contributed by atoms with E-state index in [0.717, 1.165) is 19.3 Å². The summed E-state index contributed by atoms with van der Waals surface area (Å²) < 4.78 is 0.